The second-order valence-corrected chi connectivity index (χ2v) is 6.20. The van der Waals surface area contributed by atoms with Crippen molar-refractivity contribution in [2.75, 3.05) is 19.0 Å². The van der Waals surface area contributed by atoms with Gasteiger partial charge in [0, 0.05) is 16.1 Å². The molecule has 0 aliphatic carbocycles. The van der Waals surface area contributed by atoms with Crippen molar-refractivity contribution in [2.45, 2.75) is 13.0 Å². The highest BCUT2D eigenvalue weighted by molar-refractivity contribution is 6.35. The predicted octanol–water partition coefficient (Wildman–Crippen LogP) is 4.07. The lowest BCUT2D eigenvalue weighted by Gasteiger charge is -2.16. The number of hydrogen-bond acceptors (Lipinski definition) is 4. The summed E-state index contributed by atoms with van der Waals surface area (Å²) in [6.07, 6.45) is 0. The van der Waals surface area contributed by atoms with E-state index in [-0.39, 0.29) is 18.5 Å². The minimum atomic E-state index is -0.509. The molecule has 2 aromatic carbocycles. The first-order chi connectivity index (χ1) is 11.9. The molecule has 2 rings (SSSR count). The molecule has 7 heteroatoms. The first kappa shape index (κ1) is 19.2. The maximum atomic E-state index is 12.2. The minimum absolute atomic E-state index is 0.0512. The smallest absolute Gasteiger partial charge is 0.339 e. The van der Waals surface area contributed by atoms with E-state index in [0.29, 0.717) is 21.3 Å². The molecule has 0 saturated heterocycles. The lowest BCUT2D eigenvalue weighted by molar-refractivity contribution is -0.115. The average Bonchev–Trinajstić information content (AvgIpc) is 2.59. The van der Waals surface area contributed by atoms with Crippen LogP contribution in [0.1, 0.15) is 28.9 Å². The van der Waals surface area contributed by atoms with E-state index < -0.39 is 5.97 Å². The number of amides is 1. The summed E-state index contributed by atoms with van der Waals surface area (Å²) in [5, 5.41) is 6.87. The predicted molar refractivity (Wildman–Crippen MR) is 99.3 cm³/mol. The topological polar surface area (TPSA) is 67.4 Å². The summed E-state index contributed by atoms with van der Waals surface area (Å²) >= 11 is 12.0. The van der Waals surface area contributed by atoms with E-state index in [2.05, 4.69) is 10.6 Å². The van der Waals surface area contributed by atoms with E-state index in [4.69, 9.17) is 27.9 Å². The van der Waals surface area contributed by atoms with E-state index >= 15 is 0 Å². The van der Waals surface area contributed by atoms with E-state index in [0.717, 1.165) is 5.56 Å². The van der Waals surface area contributed by atoms with Crippen LogP contribution in [0.15, 0.2) is 42.5 Å². The first-order valence-corrected chi connectivity index (χ1v) is 8.33. The number of anilines is 1. The Hall–Kier alpha value is -2.08. The Morgan fingerprint density at radius 2 is 1.88 bits per heavy atom. The second kappa shape index (κ2) is 8.85. The first-order valence-electron chi connectivity index (χ1n) is 7.58. The van der Waals surface area contributed by atoms with Gasteiger partial charge in [0.2, 0.25) is 5.91 Å². The number of hydrogen-bond donors (Lipinski definition) is 2. The molecule has 1 atom stereocenters. The molecule has 0 unspecified atom stereocenters. The van der Waals surface area contributed by atoms with E-state index in [1.165, 1.54) is 7.11 Å². The lowest BCUT2D eigenvalue weighted by atomic mass is 10.1. The van der Waals surface area contributed by atoms with Crippen LogP contribution in [0.3, 0.4) is 0 Å². The van der Waals surface area contributed by atoms with Crippen molar-refractivity contribution >= 4 is 40.8 Å². The quantitative estimate of drug-likeness (QED) is 0.741. The molecule has 0 bridgehead atoms. The van der Waals surface area contributed by atoms with Gasteiger partial charge in [-0.25, -0.2) is 4.79 Å². The van der Waals surface area contributed by atoms with E-state index in [9.17, 15) is 9.59 Å². The molecule has 0 aliphatic heterocycles. The van der Waals surface area contributed by atoms with Crippen LogP contribution < -0.4 is 10.6 Å². The molecule has 132 valence electrons. The fourth-order valence-electron chi connectivity index (χ4n) is 2.28. The summed E-state index contributed by atoms with van der Waals surface area (Å²) in [6.45, 7) is 1.94. The highest BCUT2D eigenvalue weighted by Crippen LogP contribution is 2.26. The zero-order valence-corrected chi connectivity index (χ0v) is 15.3. The van der Waals surface area contributed by atoms with Crippen LogP contribution in [0.4, 0.5) is 5.69 Å². The third-order valence-electron chi connectivity index (χ3n) is 3.60. The molecule has 0 aromatic heterocycles. The SMILES string of the molecule is COC(=O)c1ccccc1NC(=O)CN[C@H](C)c1ccc(Cl)cc1Cl. The molecule has 2 N–H and O–H groups in total. The number of esters is 1. The molecule has 0 radical (unpaired) electrons. The summed E-state index contributed by atoms with van der Waals surface area (Å²) in [7, 11) is 1.29. The van der Waals surface area contributed by atoms with Gasteiger partial charge < -0.3 is 15.4 Å². The van der Waals surface area contributed by atoms with E-state index in [1.807, 2.05) is 13.0 Å². The van der Waals surface area contributed by atoms with Crippen molar-refractivity contribution in [1.29, 1.82) is 0 Å². The maximum absolute atomic E-state index is 12.2. The van der Waals surface area contributed by atoms with Gasteiger partial charge in [0.05, 0.1) is 24.9 Å². The van der Waals surface area contributed by atoms with E-state index in [1.54, 1.807) is 36.4 Å². The molecular formula is C18H18Cl2N2O3. The van der Waals surface area contributed by atoms with Crippen LogP contribution in [0.2, 0.25) is 10.0 Å². The van der Waals surface area contributed by atoms with Crippen LogP contribution in [-0.2, 0) is 9.53 Å². The Balaban J connectivity index is 1.98. The number of ether oxygens (including phenoxy) is 1. The number of rotatable bonds is 6. The van der Waals surface area contributed by atoms with Crippen molar-refractivity contribution in [3.8, 4) is 0 Å². The Morgan fingerprint density at radius 1 is 1.16 bits per heavy atom. The molecular weight excluding hydrogens is 363 g/mol. The monoisotopic (exact) mass is 380 g/mol. The minimum Gasteiger partial charge on any atom is -0.465 e. The fraction of sp³-hybridized carbons (Fsp3) is 0.222. The van der Waals surface area contributed by atoms with Crippen LogP contribution in [0, 0.1) is 0 Å². The molecule has 0 saturated carbocycles. The third-order valence-corrected chi connectivity index (χ3v) is 4.17. The van der Waals surface area contributed by atoms with Crippen molar-refractivity contribution in [3.05, 3.63) is 63.6 Å². The van der Waals surface area contributed by atoms with Crippen molar-refractivity contribution in [1.82, 2.24) is 5.32 Å². The lowest BCUT2D eigenvalue weighted by Crippen LogP contribution is -2.30. The van der Waals surface area contributed by atoms with Crippen molar-refractivity contribution in [3.63, 3.8) is 0 Å². The molecule has 0 aliphatic rings. The number of carbonyl (C=O) groups is 2. The number of benzene rings is 2. The van der Waals surface area contributed by atoms with Crippen LogP contribution >= 0.6 is 23.2 Å². The second-order valence-electron chi connectivity index (χ2n) is 5.35. The molecule has 0 fully saturated rings. The van der Waals surface area contributed by atoms with Crippen molar-refractivity contribution in [2.24, 2.45) is 0 Å². The standard InChI is InChI=1S/C18H18Cl2N2O3/c1-11(13-8-7-12(19)9-15(13)20)21-10-17(23)22-16-6-4-3-5-14(16)18(24)25-2/h3-9,11,21H,10H2,1-2H3,(H,22,23)/t11-/m1/s1. The van der Waals surface area contributed by atoms with Gasteiger partial charge >= 0.3 is 5.97 Å². The maximum Gasteiger partial charge on any atom is 0.339 e. The molecule has 5 nitrogen and oxygen atoms in total. The summed E-state index contributed by atoms with van der Waals surface area (Å²) in [5.41, 5.74) is 1.54. The highest BCUT2D eigenvalue weighted by atomic mass is 35.5. The molecule has 2 aromatic rings. The van der Waals surface area contributed by atoms with Gasteiger partial charge in [-0.15, -0.1) is 0 Å². The number of nitrogens with one attached hydrogen (secondary N) is 2. The van der Waals surface area contributed by atoms with Gasteiger partial charge in [0.25, 0.3) is 0 Å². The Labute approximate surface area is 156 Å². The molecule has 0 spiro atoms. The average molecular weight is 381 g/mol. The Bertz CT molecular complexity index is 781. The normalized spacial score (nSPS) is 11.7. The van der Waals surface area contributed by atoms with Gasteiger partial charge in [0.1, 0.15) is 0 Å². The van der Waals surface area contributed by atoms with Crippen molar-refractivity contribution < 1.29 is 14.3 Å². The highest BCUT2D eigenvalue weighted by Gasteiger charge is 2.15. The Morgan fingerprint density at radius 3 is 2.56 bits per heavy atom. The number of carbonyl (C=O) groups excluding carboxylic acids is 2. The number of halogens is 2. The van der Waals surface area contributed by atoms with Crippen LogP contribution in [0.5, 0.6) is 0 Å². The third kappa shape index (κ3) is 5.19. The van der Waals surface area contributed by atoms with Crippen LogP contribution in [-0.4, -0.2) is 25.5 Å². The molecule has 25 heavy (non-hydrogen) atoms. The summed E-state index contributed by atoms with van der Waals surface area (Å²) < 4.78 is 4.71. The van der Waals surface area contributed by atoms with Crippen LogP contribution in [0.25, 0.3) is 0 Å². The molecule has 0 heterocycles. The van der Waals surface area contributed by atoms with Gasteiger partial charge in [0.15, 0.2) is 0 Å². The zero-order chi connectivity index (χ0) is 18.4. The van der Waals surface area contributed by atoms with Gasteiger partial charge in [-0.3, -0.25) is 4.79 Å². The summed E-state index contributed by atoms with van der Waals surface area (Å²) in [6, 6.07) is 11.7. The summed E-state index contributed by atoms with van der Waals surface area (Å²) in [5.74, 6) is -0.793. The largest absolute Gasteiger partial charge is 0.465 e. The van der Waals surface area contributed by atoms with Gasteiger partial charge in [-0.1, -0.05) is 41.4 Å². The molecule has 1 amide bonds. The zero-order valence-electron chi connectivity index (χ0n) is 13.8. The number of para-hydroxylation sites is 1. The summed E-state index contributed by atoms with van der Waals surface area (Å²) in [4.78, 5) is 23.9. The van der Waals surface area contributed by atoms with Gasteiger partial charge in [-0.05, 0) is 36.8 Å². The fourth-order valence-corrected chi connectivity index (χ4v) is 2.86. The number of methoxy groups -OCH3 is 1. The Kier molecular flexibility index (Phi) is 6.82. The van der Waals surface area contributed by atoms with Gasteiger partial charge in [-0.2, -0.15) is 0 Å².